The standard InChI is InChI=1S/C14H19N3O4/c1-14(2)13(21)15(3)7-8-17(14)12(20)10-5-4-6-16(10)9-11(18)19/h4-6H,7-9H2,1-3H3,(H,18,19). The molecule has 0 aromatic carbocycles. The summed E-state index contributed by atoms with van der Waals surface area (Å²) >= 11 is 0. The van der Waals surface area contributed by atoms with Crippen molar-refractivity contribution in [2.45, 2.75) is 25.9 Å². The fraction of sp³-hybridized carbons (Fsp3) is 0.500. The molecule has 1 fully saturated rings. The summed E-state index contributed by atoms with van der Waals surface area (Å²) in [7, 11) is 1.71. The Morgan fingerprint density at radius 1 is 1.33 bits per heavy atom. The molecule has 2 heterocycles. The fourth-order valence-corrected chi connectivity index (χ4v) is 2.60. The average Bonchev–Trinajstić information content (AvgIpc) is 2.83. The Morgan fingerprint density at radius 2 is 2.00 bits per heavy atom. The van der Waals surface area contributed by atoms with Crippen LogP contribution >= 0.6 is 0 Å². The van der Waals surface area contributed by atoms with Gasteiger partial charge in [0, 0.05) is 26.3 Å². The molecule has 1 aromatic heterocycles. The molecule has 0 atom stereocenters. The van der Waals surface area contributed by atoms with Crippen LogP contribution in [0.25, 0.3) is 0 Å². The molecule has 7 nitrogen and oxygen atoms in total. The van der Waals surface area contributed by atoms with Crippen LogP contribution in [0, 0.1) is 0 Å². The molecule has 7 heteroatoms. The molecule has 114 valence electrons. The zero-order valence-corrected chi connectivity index (χ0v) is 12.4. The molecule has 2 amide bonds. The first-order valence-electron chi connectivity index (χ1n) is 6.69. The van der Waals surface area contributed by atoms with Crippen LogP contribution in [-0.4, -0.2) is 62.9 Å². The summed E-state index contributed by atoms with van der Waals surface area (Å²) < 4.78 is 1.38. The second-order valence-corrected chi connectivity index (χ2v) is 5.66. The van der Waals surface area contributed by atoms with Gasteiger partial charge in [0.2, 0.25) is 5.91 Å². The number of carboxylic acids is 1. The third kappa shape index (κ3) is 2.63. The lowest BCUT2D eigenvalue weighted by atomic mass is 9.97. The Hall–Kier alpha value is -2.31. The lowest BCUT2D eigenvalue weighted by Gasteiger charge is -2.44. The molecule has 0 unspecified atom stereocenters. The molecule has 1 N–H and O–H groups in total. The summed E-state index contributed by atoms with van der Waals surface area (Å²) in [4.78, 5) is 38.8. The van der Waals surface area contributed by atoms with Crippen LogP contribution in [0.3, 0.4) is 0 Å². The quantitative estimate of drug-likeness (QED) is 0.867. The molecule has 1 aliphatic rings. The van der Waals surface area contributed by atoms with Crippen molar-refractivity contribution in [1.82, 2.24) is 14.4 Å². The highest BCUT2D eigenvalue weighted by Gasteiger charge is 2.43. The third-order valence-corrected chi connectivity index (χ3v) is 3.80. The summed E-state index contributed by atoms with van der Waals surface area (Å²) in [6.45, 7) is 4.01. The average molecular weight is 293 g/mol. The van der Waals surface area contributed by atoms with Crippen molar-refractivity contribution in [2.75, 3.05) is 20.1 Å². The summed E-state index contributed by atoms with van der Waals surface area (Å²) in [5, 5.41) is 8.87. The molecule has 0 radical (unpaired) electrons. The lowest BCUT2D eigenvalue weighted by Crippen LogP contribution is -2.63. The van der Waals surface area contributed by atoms with E-state index < -0.39 is 11.5 Å². The molecule has 1 aliphatic heterocycles. The van der Waals surface area contributed by atoms with Gasteiger partial charge in [-0.1, -0.05) is 0 Å². The number of likely N-dealkylation sites (N-methyl/N-ethyl adjacent to an activating group) is 1. The highest BCUT2D eigenvalue weighted by atomic mass is 16.4. The first kappa shape index (κ1) is 15.1. The van der Waals surface area contributed by atoms with Crippen LogP contribution in [-0.2, 0) is 16.1 Å². The molecule has 2 rings (SSSR count). The van der Waals surface area contributed by atoms with Crippen LogP contribution in [0.2, 0.25) is 0 Å². The van der Waals surface area contributed by atoms with Crippen molar-refractivity contribution in [2.24, 2.45) is 0 Å². The normalized spacial score (nSPS) is 18.0. The van der Waals surface area contributed by atoms with E-state index in [-0.39, 0.29) is 24.1 Å². The minimum absolute atomic E-state index is 0.126. The lowest BCUT2D eigenvalue weighted by molar-refractivity contribution is -0.144. The van der Waals surface area contributed by atoms with Crippen LogP contribution in [0.5, 0.6) is 0 Å². The minimum Gasteiger partial charge on any atom is -0.480 e. The zero-order valence-electron chi connectivity index (χ0n) is 12.4. The van der Waals surface area contributed by atoms with Crippen molar-refractivity contribution in [3.05, 3.63) is 24.0 Å². The second-order valence-electron chi connectivity index (χ2n) is 5.66. The molecular formula is C14H19N3O4. The van der Waals surface area contributed by atoms with Crippen molar-refractivity contribution in [1.29, 1.82) is 0 Å². The van der Waals surface area contributed by atoms with E-state index in [1.165, 1.54) is 9.47 Å². The van der Waals surface area contributed by atoms with E-state index in [0.717, 1.165) is 0 Å². The maximum atomic E-state index is 12.7. The number of hydrogen-bond donors (Lipinski definition) is 1. The van der Waals surface area contributed by atoms with Crippen molar-refractivity contribution < 1.29 is 19.5 Å². The Kier molecular flexibility index (Phi) is 3.76. The SMILES string of the molecule is CN1CCN(C(=O)c2cccn2CC(=O)O)C(C)(C)C1=O. The predicted octanol–water partition coefficient (Wildman–Crippen LogP) is 0.265. The molecule has 0 spiro atoms. The van der Waals surface area contributed by atoms with E-state index in [9.17, 15) is 14.4 Å². The van der Waals surface area contributed by atoms with Gasteiger partial charge in [0.15, 0.2) is 0 Å². The second kappa shape index (κ2) is 5.23. The monoisotopic (exact) mass is 293 g/mol. The van der Waals surface area contributed by atoms with Crippen LogP contribution < -0.4 is 0 Å². The van der Waals surface area contributed by atoms with E-state index in [2.05, 4.69) is 0 Å². The number of hydrogen-bond acceptors (Lipinski definition) is 3. The third-order valence-electron chi connectivity index (χ3n) is 3.80. The number of amides is 2. The van der Waals surface area contributed by atoms with Gasteiger partial charge < -0.3 is 19.5 Å². The molecule has 21 heavy (non-hydrogen) atoms. The van der Waals surface area contributed by atoms with Gasteiger partial charge in [-0.3, -0.25) is 14.4 Å². The van der Waals surface area contributed by atoms with Gasteiger partial charge in [0.1, 0.15) is 17.8 Å². The number of aromatic nitrogens is 1. The highest BCUT2D eigenvalue weighted by molar-refractivity contribution is 5.99. The number of nitrogens with zero attached hydrogens (tertiary/aromatic N) is 3. The van der Waals surface area contributed by atoms with Crippen LogP contribution in [0.4, 0.5) is 0 Å². The van der Waals surface area contributed by atoms with Gasteiger partial charge >= 0.3 is 5.97 Å². The molecule has 0 bridgehead atoms. The Labute approximate surface area is 122 Å². The van der Waals surface area contributed by atoms with E-state index in [4.69, 9.17) is 5.11 Å². The van der Waals surface area contributed by atoms with E-state index in [1.807, 2.05) is 0 Å². The first-order chi connectivity index (χ1) is 9.75. The number of carboxylic acid groups (broad SMARTS) is 1. The summed E-state index contributed by atoms with van der Waals surface area (Å²) in [6.07, 6.45) is 1.55. The minimum atomic E-state index is -1.02. The van der Waals surface area contributed by atoms with Gasteiger partial charge in [0.25, 0.3) is 5.91 Å². The Morgan fingerprint density at radius 3 is 2.62 bits per heavy atom. The van der Waals surface area contributed by atoms with Gasteiger partial charge in [-0.2, -0.15) is 0 Å². The number of rotatable bonds is 3. The van der Waals surface area contributed by atoms with E-state index >= 15 is 0 Å². The fourth-order valence-electron chi connectivity index (χ4n) is 2.60. The van der Waals surface area contributed by atoms with E-state index in [1.54, 1.807) is 44.1 Å². The molecule has 1 aromatic rings. The van der Waals surface area contributed by atoms with Crippen LogP contribution in [0.1, 0.15) is 24.3 Å². The largest absolute Gasteiger partial charge is 0.480 e. The van der Waals surface area contributed by atoms with Gasteiger partial charge in [-0.05, 0) is 26.0 Å². The molecule has 0 aliphatic carbocycles. The molecular weight excluding hydrogens is 274 g/mol. The van der Waals surface area contributed by atoms with Gasteiger partial charge in [0.05, 0.1) is 0 Å². The van der Waals surface area contributed by atoms with E-state index in [0.29, 0.717) is 13.1 Å². The summed E-state index contributed by atoms with van der Waals surface area (Å²) in [5.41, 5.74) is -0.662. The maximum absolute atomic E-state index is 12.7. The molecule has 1 saturated heterocycles. The Bertz CT molecular complexity index is 591. The van der Waals surface area contributed by atoms with Crippen molar-refractivity contribution >= 4 is 17.8 Å². The summed E-state index contributed by atoms with van der Waals surface area (Å²) in [5.74, 6) is -1.47. The van der Waals surface area contributed by atoms with Gasteiger partial charge in [-0.15, -0.1) is 0 Å². The van der Waals surface area contributed by atoms with Crippen molar-refractivity contribution in [3.8, 4) is 0 Å². The smallest absolute Gasteiger partial charge is 0.323 e. The van der Waals surface area contributed by atoms with Crippen LogP contribution in [0.15, 0.2) is 18.3 Å². The zero-order chi connectivity index (χ0) is 15.8. The predicted molar refractivity (Wildman–Crippen MR) is 74.8 cm³/mol. The first-order valence-corrected chi connectivity index (χ1v) is 6.69. The Balaban J connectivity index is 2.30. The van der Waals surface area contributed by atoms with Gasteiger partial charge in [-0.25, -0.2) is 0 Å². The number of aliphatic carboxylic acids is 1. The maximum Gasteiger partial charge on any atom is 0.323 e. The number of piperazine rings is 1. The van der Waals surface area contributed by atoms with Crippen molar-refractivity contribution in [3.63, 3.8) is 0 Å². The highest BCUT2D eigenvalue weighted by Crippen LogP contribution is 2.24. The topological polar surface area (TPSA) is 82.8 Å². The summed E-state index contributed by atoms with van der Waals surface area (Å²) in [6, 6.07) is 3.20. The number of carbonyl (C=O) groups is 3. The molecule has 0 saturated carbocycles. The number of carbonyl (C=O) groups excluding carboxylic acids is 2.